The van der Waals surface area contributed by atoms with Gasteiger partial charge in [0.05, 0.1) is 11.4 Å². The first-order chi connectivity index (χ1) is 16.0. The van der Waals surface area contributed by atoms with Gasteiger partial charge < -0.3 is 10.2 Å². The molecule has 0 bridgehead atoms. The van der Waals surface area contributed by atoms with Gasteiger partial charge in [0.15, 0.2) is 0 Å². The first kappa shape index (κ1) is 22.5. The Kier molecular flexibility index (Phi) is 7.03. The van der Waals surface area contributed by atoms with Crippen LogP contribution in [0.15, 0.2) is 72.9 Å². The molecule has 1 saturated heterocycles. The molecule has 2 amide bonds. The fourth-order valence-corrected chi connectivity index (χ4v) is 4.07. The van der Waals surface area contributed by atoms with Crippen LogP contribution in [-0.4, -0.2) is 45.6 Å². The molecule has 0 saturated carbocycles. The van der Waals surface area contributed by atoms with E-state index in [9.17, 15) is 9.59 Å². The lowest BCUT2D eigenvalue weighted by Gasteiger charge is -2.33. The first-order valence-electron chi connectivity index (χ1n) is 11.5. The largest absolute Gasteiger partial charge is 0.350 e. The van der Waals surface area contributed by atoms with Crippen molar-refractivity contribution in [1.82, 2.24) is 20.0 Å². The van der Waals surface area contributed by atoms with Crippen molar-refractivity contribution in [2.75, 3.05) is 13.1 Å². The molecule has 0 aliphatic carbocycles. The number of hydrogen-bond donors (Lipinski definition) is 1. The van der Waals surface area contributed by atoms with E-state index >= 15 is 0 Å². The highest BCUT2D eigenvalue weighted by atomic mass is 16.2. The average molecular weight is 443 g/mol. The summed E-state index contributed by atoms with van der Waals surface area (Å²) in [6.07, 6.45) is 6.89. The number of likely N-dealkylation sites (tertiary alicyclic amines) is 1. The summed E-state index contributed by atoms with van der Waals surface area (Å²) in [6, 6.07) is 20.0. The summed E-state index contributed by atoms with van der Waals surface area (Å²) in [5, 5.41) is 7.86. The van der Waals surface area contributed by atoms with Crippen molar-refractivity contribution >= 4 is 17.9 Å². The van der Waals surface area contributed by atoms with Crippen molar-refractivity contribution in [2.45, 2.75) is 32.7 Å². The molecule has 170 valence electrons. The molecule has 0 spiro atoms. The van der Waals surface area contributed by atoms with Gasteiger partial charge in [0, 0.05) is 48.4 Å². The van der Waals surface area contributed by atoms with Crippen LogP contribution in [0, 0.1) is 5.92 Å². The smallest absolute Gasteiger partial charge is 0.244 e. The predicted molar refractivity (Wildman–Crippen MR) is 131 cm³/mol. The second-order valence-electron chi connectivity index (χ2n) is 8.68. The summed E-state index contributed by atoms with van der Waals surface area (Å²) >= 11 is 0. The van der Waals surface area contributed by atoms with Gasteiger partial charge in [-0.3, -0.25) is 9.59 Å². The molecule has 2 heterocycles. The maximum Gasteiger partial charge on any atom is 0.244 e. The number of amides is 2. The van der Waals surface area contributed by atoms with Gasteiger partial charge in [-0.05, 0) is 31.1 Å². The molecular formula is C27H30N4O2. The molecule has 0 unspecified atom stereocenters. The minimum absolute atomic E-state index is 0.00897. The Balaban J connectivity index is 1.46. The van der Waals surface area contributed by atoms with Crippen molar-refractivity contribution in [1.29, 1.82) is 0 Å². The Morgan fingerprint density at radius 3 is 2.27 bits per heavy atom. The molecule has 6 heteroatoms. The van der Waals surface area contributed by atoms with Crippen molar-refractivity contribution < 1.29 is 9.59 Å². The molecule has 33 heavy (non-hydrogen) atoms. The van der Waals surface area contributed by atoms with Gasteiger partial charge in [0.1, 0.15) is 0 Å². The topological polar surface area (TPSA) is 67.2 Å². The zero-order chi connectivity index (χ0) is 23.2. The first-order valence-corrected chi connectivity index (χ1v) is 11.5. The van der Waals surface area contributed by atoms with Crippen LogP contribution in [0.4, 0.5) is 0 Å². The summed E-state index contributed by atoms with van der Waals surface area (Å²) in [4.78, 5) is 26.7. The quantitative estimate of drug-likeness (QED) is 0.578. The summed E-state index contributed by atoms with van der Waals surface area (Å²) in [5.41, 5.74) is 3.65. The van der Waals surface area contributed by atoms with Gasteiger partial charge in [-0.1, -0.05) is 62.4 Å². The van der Waals surface area contributed by atoms with Gasteiger partial charge in [0.25, 0.3) is 0 Å². The maximum atomic E-state index is 12.6. The molecule has 6 nitrogen and oxygen atoms in total. The lowest BCUT2D eigenvalue weighted by molar-refractivity contribution is -0.135. The van der Waals surface area contributed by atoms with Crippen molar-refractivity contribution in [3.63, 3.8) is 0 Å². The Morgan fingerprint density at radius 2 is 1.64 bits per heavy atom. The Hall–Kier alpha value is -3.67. The standard InChI is InChI=1S/C27H30N4O2/c1-20(2)27(33)30-17-15-23(16-18-30)28-25(32)14-13-22-19-31(24-11-7-4-8-12-24)29-26(22)21-9-5-3-6-10-21/h3-14,19-20,23H,15-18H2,1-2H3,(H,28,32)/b14-13+. The minimum Gasteiger partial charge on any atom is -0.350 e. The van der Waals surface area contributed by atoms with Crippen LogP contribution in [0.3, 0.4) is 0 Å². The van der Waals surface area contributed by atoms with E-state index in [1.54, 1.807) is 6.08 Å². The van der Waals surface area contributed by atoms with E-state index in [2.05, 4.69) is 5.32 Å². The second-order valence-corrected chi connectivity index (χ2v) is 8.68. The molecule has 1 aromatic heterocycles. The number of para-hydroxylation sites is 1. The molecule has 0 radical (unpaired) electrons. The summed E-state index contributed by atoms with van der Waals surface area (Å²) < 4.78 is 1.83. The number of nitrogens with zero attached hydrogens (tertiary/aromatic N) is 3. The lowest BCUT2D eigenvalue weighted by Crippen LogP contribution is -2.47. The zero-order valence-electron chi connectivity index (χ0n) is 19.1. The predicted octanol–water partition coefficient (Wildman–Crippen LogP) is 4.32. The average Bonchev–Trinajstić information content (AvgIpc) is 3.28. The normalized spacial score (nSPS) is 14.7. The number of carbonyl (C=O) groups excluding carboxylic acids is 2. The minimum atomic E-state index is -0.130. The molecule has 4 rings (SSSR count). The van der Waals surface area contributed by atoms with E-state index in [1.807, 2.05) is 96.4 Å². The summed E-state index contributed by atoms with van der Waals surface area (Å²) in [5.74, 6) is 0.0633. The van der Waals surface area contributed by atoms with Gasteiger partial charge in [-0.25, -0.2) is 4.68 Å². The van der Waals surface area contributed by atoms with Gasteiger partial charge in [0.2, 0.25) is 11.8 Å². The molecule has 1 aliphatic heterocycles. The molecular weight excluding hydrogens is 412 g/mol. The van der Waals surface area contributed by atoms with Crippen molar-refractivity contribution in [3.05, 3.63) is 78.5 Å². The number of nitrogens with one attached hydrogen (secondary N) is 1. The Labute approximate surface area is 194 Å². The third kappa shape index (κ3) is 5.58. The van der Waals surface area contributed by atoms with Crippen LogP contribution in [0.2, 0.25) is 0 Å². The number of carbonyl (C=O) groups is 2. The van der Waals surface area contributed by atoms with Crippen LogP contribution in [0.25, 0.3) is 23.0 Å². The van der Waals surface area contributed by atoms with Crippen LogP contribution in [0.5, 0.6) is 0 Å². The van der Waals surface area contributed by atoms with Gasteiger partial charge in [-0.2, -0.15) is 5.10 Å². The van der Waals surface area contributed by atoms with E-state index in [0.29, 0.717) is 13.1 Å². The van der Waals surface area contributed by atoms with Crippen molar-refractivity contribution in [2.24, 2.45) is 5.92 Å². The number of piperidine rings is 1. The second kappa shape index (κ2) is 10.3. The third-order valence-electron chi connectivity index (χ3n) is 5.87. The third-order valence-corrected chi connectivity index (χ3v) is 5.87. The molecule has 1 aliphatic rings. The van der Waals surface area contributed by atoms with Gasteiger partial charge in [-0.15, -0.1) is 0 Å². The van der Waals surface area contributed by atoms with Crippen LogP contribution >= 0.6 is 0 Å². The van der Waals surface area contributed by atoms with E-state index in [1.165, 1.54) is 0 Å². The SMILES string of the molecule is CC(C)C(=O)N1CCC(NC(=O)/C=C/c2cn(-c3ccccc3)nc2-c2ccccc2)CC1. The molecule has 1 N–H and O–H groups in total. The zero-order valence-corrected chi connectivity index (χ0v) is 19.1. The summed E-state index contributed by atoms with van der Waals surface area (Å²) in [6.45, 7) is 5.22. The van der Waals surface area contributed by atoms with Gasteiger partial charge >= 0.3 is 0 Å². The molecule has 0 atom stereocenters. The fourth-order valence-electron chi connectivity index (χ4n) is 4.07. The van der Waals surface area contributed by atoms with Crippen molar-refractivity contribution in [3.8, 4) is 16.9 Å². The van der Waals surface area contributed by atoms with E-state index in [-0.39, 0.29) is 23.8 Å². The molecule has 3 aromatic rings. The number of benzene rings is 2. The maximum absolute atomic E-state index is 12.6. The highest BCUT2D eigenvalue weighted by molar-refractivity contribution is 5.93. The molecule has 2 aromatic carbocycles. The van der Waals surface area contributed by atoms with Crippen LogP contribution in [-0.2, 0) is 9.59 Å². The van der Waals surface area contributed by atoms with E-state index in [0.717, 1.165) is 35.3 Å². The molecule has 1 fully saturated rings. The Morgan fingerprint density at radius 1 is 1.00 bits per heavy atom. The lowest BCUT2D eigenvalue weighted by atomic mass is 10.0. The highest BCUT2D eigenvalue weighted by Crippen LogP contribution is 2.24. The highest BCUT2D eigenvalue weighted by Gasteiger charge is 2.24. The number of hydrogen-bond acceptors (Lipinski definition) is 3. The summed E-state index contributed by atoms with van der Waals surface area (Å²) in [7, 11) is 0. The van der Waals surface area contributed by atoms with E-state index in [4.69, 9.17) is 5.10 Å². The fraction of sp³-hybridized carbons (Fsp3) is 0.296. The number of rotatable bonds is 6. The Bertz CT molecular complexity index is 1110. The van der Waals surface area contributed by atoms with Crippen LogP contribution in [0.1, 0.15) is 32.3 Å². The van der Waals surface area contributed by atoms with Crippen LogP contribution < -0.4 is 5.32 Å². The van der Waals surface area contributed by atoms with E-state index < -0.39 is 0 Å². The number of aromatic nitrogens is 2. The monoisotopic (exact) mass is 442 g/mol.